The van der Waals surface area contributed by atoms with Crippen LogP contribution in [-0.4, -0.2) is 32.3 Å². The van der Waals surface area contributed by atoms with Crippen molar-refractivity contribution in [3.8, 4) is 0 Å². The molecule has 2 rings (SSSR count). The molecule has 2 aromatic rings. The second-order valence-corrected chi connectivity index (χ2v) is 6.03. The van der Waals surface area contributed by atoms with Crippen LogP contribution in [0.15, 0.2) is 23.6 Å². The van der Waals surface area contributed by atoms with E-state index in [9.17, 15) is 0 Å². The van der Waals surface area contributed by atoms with E-state index in [0.29, 0.717) is 0 Å². The SMILES string of the molecule is COCCNCc1csc(N(C)c2cc(C)cc(C)c2)n1. The Morgan fingerprint density at radius 2 is 1.95 bits per heavy atom. The van der Waals surface area contributed by atoms with Crippen molar-refractivity contribution in [2.24, 2.45) is 0 Å². The van der Waals surface area contributed by atoms with Crippen molar-refractivity contribution in [1.29, 1.82) is 0 Å². The molecule has 1 heterocycles. The molecule has 0 bridgehead atoms. The van der Waals surface area contributed by atoms with Crippen molar-refractivity contribution in [2.75, 3.05) is 32.2 Å². The first-order valence-electron chi connectivity index (χ1n) is 7.06. The van der Waals surface area contributed by atoms with Crippen LogP contribution in [-0.2, 0) is 11.3 Å². The first-order valence-corrected chi connectivity index (χ1v) is 7.94. The van der Waals surface area contributed by atoms with Crippen LogP contribution in [0.3, 0.4) is 0 Å². The van der Waals surface area contributed by atoms with Crippen LogP contribution < -0.4 is 10.2 Å². The molecule has 0 aliphatic carbocycles. The number of thiazole rings is 1. The summed E-state index contributed by atoms with van der Waals surface area (Å²) in [5, 5.41) is 6.44. The second kappa shape index (κ2) is 7.54. The van der Waals surface area contributed by atoms with Crippen molar-refractivity contribution in [1.82, 2.24) is 10.3 Å². The molecule has 0 aliphatic heterocycles. The number of nitrogens with one attached hydrogen (secondary N) is 1. The van der Waals surface area contributed by atoms with Crippen LogP contribution in [0, 0.1) is 13.8 Å². The third-order valence-electron chi connectivity index (χ3n) is 3.21. The molecule has 1 N–H and O–H groups in total. The van der Waals surface area contributed by atoms with Gasteiger partial charge in [-0.05, 0) is 37.1 Å². The Morgan fingerprint density at radius 1 is 1.24 bits per heavy atom. The fourth-order valence-electron chi connectivity index (χ4n) is 2.18. The van der Waals surface area contributed by atoms with Crippen molar-refractivity contribution >= 4 is 22.2 Å². The van der Waals surface area contributed by atoms with Gasteiger partial charge in [-0.2, -0.15) is 0 Å². The maximum atomic E-state index is 5.01. The summed E-state index contributed by atoms with van der Waals surface area (Å²) in [5.41, 5.74) is 4.80. The summed E-state index contributed by atoms with van der Waals surface area (Å²) in [6, 6.07) is 6.56. The topological polar surface area (TPSA) is 37.4 Å². The molecule has 0 unspecified atom stereocenters. The molecule has 0 radical (unpaired) electrons. The molecule has 0 saturated heterocycles. The summed E-state index contributed by atoms with van der Waals surface area (Å²) in [6.45, 7) is 6.59. The van der Waals surface area contributed by atoms with Gasteiger partial charge in [-0.15, -0.1) is 11.3 Å². The highest BCUT2D eigenvalue weighted by Crippen LogP contribution is 2.28. The van der Waals surface area contributed by atoms with Crippen LogP contribution in [0.2, 0.25) is 0 Å². The average molecular weight is 305 g/mol. The number of hydrogen-bond acceptors (Lipinski definition) is 5. The molecular formula is C16H23N3OS. The average Bonchev–Trinajstić information content (AvgIpc) is 2.90. The van der Waals surface area contributed by atoms with Gasteiger partial charge in [0.2, 0.25) is 0 Å². The summed E-state index contributed by atoms with van der Waals surface area (Å²) in [5.74, 6) is 0. The zero-order valence-electron chi connectivity index (χ0n) is 13.1. The predicted molar refractivity (Wildman–Crippen MR) is 89.7 cm³/mol. The van der Waals surface area contributed by atoms with E-state index < -0.39 is 0 Å². The predicted octanol–water partition coefficient (Wildman–Crippen LogP) is 3.26. The lowest BCUT2D eigenvalue weighted by atomic mass is 10.1. The van der Waals surface area contributed by atoms with E-state index >= 15 is 0 Å². The Kier molecular flexibility index (Phi) is 5.73. The fraction of sp³-hybridized carbons (Fsp3) is 0.438. The highest BCUT2D eigenvalue weighted by molar-refractivity contribution is 7.13. The monoisotopic (exact) mass is 305 g/mol. The van der Waals surface area contributed by atoms with Crippen LogP contribution >= 0.6 is 11.3 Å². The molecular weight excluding hydrogens is 282 g/mol. The minimum atomic E-state index is 0.722. The summed E-state index contributed by atoms with van der Waals surface area (Å²) < 4.78 is 5.01. The molecule has 21 heavy (non-hydrogen) atoms. The number of hydrogen-bond donors (Lipinski definition) is 1. The van der Waals surface area contributed by atoms with Crippen molar-refractivity contribution in [2.45, 2.75) is 20.4 Å². The Morgan fingerprint density at radius 3 is 2.62 bits per heavy atom. The van der Waals surface area contributed by atoms with E-state index in [1.54, 1.807) is 18.4 Å². The standard InChI is InChI=1S/C16H23N3OS/c1-12-7-13(2)9-15(8-12)19(3)16-18-14(11-21-16)10-17-5-6-20-4/h7-9,11,17H,5-6,10H2,1-4H3. The number of anilines is 2. The maximum absolute atomic E-state index is 5.01. The molecule has 1 aromatic heterocycles. The number of ether oxygens (including phenoxy) is 1. The van der Waals surface area contributed by atoms with Gasteiger partial charge in [-0.1, -0.05) is 6.07 Å². The molecule has 4 nitrogen and oxygen atoms in total. The largest absolute Gasteiger partial charge is 0.383 e. The van der Waals surface area contributed by atoms with E-state index in [1.165, 1.54) is 16.8 Å². The van der Waals surface area contributed by atoms with Gasteiger partial charge in [-0.3, -0.25) is 0 Å². The van der Waals surface area contributed by atoms with Gasteiger partial charge in [0.25, 0.3) is 0 Å². The van der Waals surface area contributed by atoms with Gasteiger partial charge in [0.05, 0.1) is 12.3 Å². The Labute approximate surface area is 130 Å². The third-order valence-corrected chi connectivity index (χ3v) is 4.18. The summed E-state index contributed by atoms with van der Waals surface area (Å²) in [4.78, 5) is 6.83. The quantitative estimate of drug-likeness (QED) is 0.797. The first-order chi connectivity index (χ1) is 10.1. The molecule has 1 aromatic carbocycles. The highest BCUT2D eigenvalue weighted by atomic mass is 32.1. The van der Waals surface area contributed by atoms with Gasteiger partial charge in [0.1, 0.15) is 0 Å². The van der Waals surface area contributed by atoms with Crippen LogP contribution in [0.5, 0.6) is 0 Å². The minimum absolute atomic E-state index is 0.722. The molecule has 0 atom stereocenters. The maximum Gasteiger partial charge on any atom is 0.189 e. The normalized spacial score (nSPS) is 10.9. The van der Waals surface area contributed by atoms with Gasteiger partial charge in [0, 0.05) is 38.3 Å². The van der Waals surface area contributed by atoms with Crippen LogP contribution in [0.25, 0.3) is 0 Å². The summed E-state index contributed by atoms with van der Waals surface area (Å²) >= 11 is 1.67. The van der Waals surface area contributed by atoms with Crippen molar-refractivity contribution in [3.63, 3.8) is 0 Å². The Hall–Kier alpha value is -1.43. The number of rotatable bonds is 7. The van der Waals surface area contributed by atoms with E-state index in [-0.39, 0.29) is 0 Å². The van der Waals surface area contributed by atoms with E-state index in [4.69, 9.17) is 4.74 Å². The number of methoxy groups -OCH3 is 1. The molecule has 0 spiro atoms. The second-order valence-electron chi connectivity index (χ2n) is 5.20. The third kappa shape index (κ3) is 4.52. The van der Waals surface area contributed by atoms with Gasteiger partial charge in [-0.25, -0.2) is 4.98 Å². The summed E-state index contributed by atoms with van der Waals surface area (Å²) in [7, 11) is 3.77. The number of aromatic nitrogens is 1. The van der Waals surface area contributed by atoms with Crippen LogP contribution in [0.4, 0.5) is 10.8 Å². The summed E-state index contributed by atoms with van der Waals surface area (Å²) in [6.07, 6.45) is 0. The number of benzene rings is 1. The molecule has 0 fully saturated rings. The molecule has 0 amide bonds. The van der Waals surface area contributed by atoms with Crippen molar-refractivity contribution in [3.05, 3.63) is 40.4 Å². The molecule has 5 heteroatoms. The number of aryl methyl sites for hydroxylation is 2. The Balaban J connectivity index is 2.02. The van der Waals surface area contributed by atoms with E-state index in [0.717, 1.165) is 30.5 Å². The zero-order chi connectivity index (χ0) is 15.2. The molecule has 0 aliphatic rings. The van der Waals surface area contributed by atoms with Gasteiger partial charge < -0.3 is 15.0 Å². The lowest BCUT2D eigenvalue weighted by Crippen LogP contribution is -2.18. The Bertz CT molecular complexity index is 562. The van der Waals surface area contributed by atoms with Crippen molar-refractivity contribution < 1.29 is 4.74 Å². The zero-order valence-corrected chi connectivity index (χ0v) is 14.0. The van der Waals surface area contributed by atoms with E-state index in [1.807, 2.05) is 0 Å². The smallest absolute Gasteiger partial charge is 0.189 e. The molecule has 114 valence electrons. The highest BCUT2D eigenvalue weighted by Gasteiger charge is 2.09. The fourth-order valence-corrected chi connectivity index (χ4v) is 2.99. The van der Waals surface area contributed by atoms with Crippen LogP contribution in [0.1, 0.15) is 16.8 Å². The van der Waals surface area contributed by atoms with E-state index in [2.05, 4.69) is 59.7 Å². The number of nitrogens with zero attached hydrogens (tertiary/aromatic N) is 2. The minimum Gasteiger partial charge on any atom is -0.383 e. The van der Waals surface area contributed by atoms with Gasteiger partial charge in [0.15, 0.2) is 5.13 Å². The molecule has 0 saturated carbocycles. The first kappa shape index (κ1) is 15.9. The lowest BCUT2D eigenvalue weighted by molar-refractivity contribution is 0.199. The van der Waals surface area contributed by atoms with Gasteiger partial charge >= 0.3 is 0 Å². The lowest BCUT2D eigenvalue weighted by Gasteiger charge is -2.17.